The molecular formula is C19H25N3O2S. The van der Waals surface area contributed by atoms with E-state index in [1.54, 1.807) is 0 Å². The molecule has 1 saturated heterocycles. The monoisotopic (exact) mass is 359 g/mol. The summed E-state index contributed by atoms with van der Waals surface area (Å²) < 4.78 is 0. The molecule has 2 aliphatic rings. The van der Waals surface area contributed by atoms with Gasteiger partial charge in [0, 0.05) is 12.1 Å². The van der Waals surface area contributed by atoms with E-state index in [0.717, 1.165) is 29.7 Å². The van der Waals surface area contributed by atoms with Gasteiger partial charge < -0.3 is 10.6 Å². The Bertz CT molecular complexity index is 696. The molecule has 1 aliphatic carbocycles. The summed E-state index contributed by atoms with van der Waals surface area (Å²) in [6.07, 6.45) is 6.05. The maximum absolute atomic E-state index is 12.3. The number of nitrogens with one attached hydrogen (secondary N) is 2. The van der Waals surface area contributed by atoms with Gasteiger partial charge in [0.2, 0.25) is 11.8 Å². The van der Waals surface area contributed by atoms with Crippen LogP contribution in [0.3, 0.4) is 0 Å². The Morgan fingerprint density at radius 2 is 2.04 bits per heavy atom. The Hall–Kier alpha value is -1.82. The molecular weight excluding hydrogens is 334 g/mol. The van der Waals surface area contributed by atoms with Crippen LogP contribution in [0, 0.1) is 13.8 Å². The first-order valence-corrected chi connectivity index (χ1v) is 9.81. The van der Waals surface area contributed by atoms with Crippen molar-refractivity contribution in [2.24, 2.45) is 4.99 Å². The quantitative estimate of drug-likeness (QED) is 0.864. The number of thioether (sulfide) groups is 1. The second-order valence-corrected chi connectivity index (χ2v) is 8.08. The molecule has 2 amide bonds. The fourth-order valence-corrected chi connectivity index (χ4v) is 4.34. The van der Waals surface area contributed by atoms with Crippen molar-refractivity contribution < 1.29 is 9.59 Å². The summed E-state index contributed by atoms with van der Waals surface area (Å²) in [5.74, 6) is -0.256. The first kappa shape index (κ1) is 18.0. The van der Waals surface area contributed by atoms with Crippen LogP contribution in [0.25, 0.3) is 0 Å². The molecule has 6 heteroatoms. The molecule has 0 bridgehead atoms. The molecule has 0 aromatic heterocycles. The molecule has 1 aromatic carbocycles. The molecule has 2 fully saturated rings. The minimum absolute atomic E-state index is 0.115. The number of aryl methyl sites for hydroxylation is 2. The molecule has 1 aromatic rings. The lowest BCUT2D eigenvalue weighted by molar-refractivity contribution is -0.122. The van der Waals surface area contributed by atoms with Gasteiger partial charge >= 0.3 is 0 Å². The fourth-order valence-electron chi connectivity index (χ4n) is 3.30. The SMILES string of the molecule is Cc1ccc(NC(=O)C[C@H]2SC(=NC3CCCCC3)NC2=O)c(C)c1. The van der Waals surface area contributed by atoms with Gasteiger partial charge in [-0.1, -0.05) is 48.7 Å². The number of nitrogens with zero attached hydrogens (tertiary/aromatic N) is 1. The van der Waals surface area contributed by atoms with Gasteiger partial charge in [-0.15, -0.1) is 0 Å². The molecule has 0 spiro atoms. The lowest BCUT2D eigenvalue weighted by Crippen LogP contribution is -2.28. The van der Waals surface area contributed by atoms with Crippen LogP contribution in [0.2, 0.25) is 0 Å². The molecule has 25 heavy (non-hydrogen) atoms. The second-order valence-electron chi connectivity index (χ2n) is 6.89. The molecule has 3 rings (SSSR count). The Labute approximate surface area is 153 Å². The summed E-state index contributed by atoms with van der Waals surface area (Å²) in [6.45, 7) is 3.99. The summed E-state index contributed by atoms with van der Waals surface area (Å²) >= 11 is 1.39. The average Bonchev–Trinajstić information content (AvgIpc) is 2.90. The highest BCUT2D eigenvalue weighted by molar-refractivity contribution is 8.15. The smallest absolute Gasteiger partial charge is 0.240 e. The number of rotatable bonds is 4. The number of aliphatic imine (C=N–C) groups is 1. The molecule has 1 saturated carbocycles. The van der Waals surface area contributed by atoms with E-state index >= 15 is 0 Å². The summed E-state index contributed by atoms with van der Waals surface area (Å²) in [4.78, 5) is 29.1. The Kier molecular flexibility index (Phi) is 5.78. The Morgan fingerprint density at radius 1 is 1.28 bits per heavy atom. The fraction of sp³-hybridized carbons (Fsp3) is 0.526. The predicted octanol–water partition coefficient (Wildman–Crippen LogP) is 3.55. The highest BCUT2D eigenvalue weighted by atomic mass is 32.2. The van der Waals surface area contributed by atoms with Gasteiger partial charge in [-0.05, 0) is 38.3 Å². The molecule has 1 atom stereocenters. The molecule has 134 valence electrons. The van der Waals surface area contributed by atoms with Crippen molar-refractivity contribution in [1.82, 2.24) is 5.32 Å². The topological polar surface area (TPSA) is 70.6 Å². The lowest BCUT2D eigenvalue weighted by Gasteiger charge is -2.17. The summed E-state index contributed by atoms with van der Waals surface area (Å²) in [6, 6.07) is 6.22. The first-order chi connectivity index (χ1) is 12.0. The van der Waals surface area contributed by atoms with Crippen molar-refractivity contribution in [3.63, 3.8) is 0 Å². The van der Waals surface area contributed by atoms with Crippen LogP contribution in [0.4, 0.5) is 5.69 Å². The van der Waals surface area contributed by atoms with Crippen LogP contribution in [0.15, 0.2) is 23.2 Å². The van der Waals surface area contributed by atoms with Crippen molar-refractivity contribution in [2.45, 2.75) is 63.7 Å². The minimum Gasteiger partial charge on any atom is -0.326 e. The minimum atomic E-state index is -0.395. The van der Waals surface area contributed by atoms with Gasteiger partial charge in [-0.25, -0.2) is 0 Å². The van der Waals surface area contributed by atoms with Gasteiger partial charge in [0.05, 0.1) is 6.04 Å². The zero-order valence-electron chi connectivity index (χ0n) is 14.8. The maximum Gasteiger partial charge on any atom is 0.240 e. The summed E-state index contributed by atoms with van der Waals surface area (Å²) in [5, 5.41) is 6.03. The highest BCUT2D eigenvalue weighted by Gasteiger charge is 2.32. The van der Waals surface area contributed by atoms with Gasteiger partial charge in [0.15, 0.2) is 5.17 Å². The van der Waals surface area contributed by atoms with Gasteiger partial charge in [-0.2, -0.15) is 0 Å². The predicted molar refractivity (Wildman–Crippen MR) is 103 cm³/mol. The van der Waals surface area contributed by atoms with Crippen molar-refractivity contribution in [1.29, 1.82) is 0 Å². The summed E-state index contributed by atoms with van der Waals surface area (Å²) in [7, 11) is 0. The third kappa shape index (κ3) is 4.84. The second kappa shape index (κ2) is 8.04. The molecule has 1 heterocycles. The molecule has 0 unspecified atom stereocenters. The summed E-state index contributed by atoms with van der Waals surface area (Å²) in [5.41, 5.74) is 2.98. The molecule has 5 nitrogen and oxygen atoms in total. The number of hydrogen-bond donors (Lipinski definition) is 2. The Morgan fingerprint density at radius 3 is 2.76 bits per heavy atom. The third-order valence-corrected chi connectivity index (χ3v) is 5.77. The van der Waals surface area contributed by atoms with E-state index in [2.05, 4.69) is 15.6 Å². The van der Waals surface area contributed by atoms with Crippen LogP contribution in [0.1, 0.15) is 49.7 Å². The van der Waals surface area contributed by atoms with Crippen LogP contribution in [-0.4, -0.2) is 28.3 Å². The van der Waals surface area contributed by atoms with Crippen LogP contribution in [0.5, 0.6) is 0 Å². The first-order valence-electron chi connectivity index (χ1n) is 8.93. The van der Waals surface area contributed by atoms with E-state index in [4.69, 9.17) is 0 Å². The third-order valence-electron chi connectivity index (χ3n) is 4.68. The number of anilines is 1. The van der Waals surface area contributed by atoms with E-state index in [0.29, 0.717) is 11.2 Å². The molecule has 2 N–H and O–H groups in total. The standard InChI is InChI=1S/C19H25N3O2S/c1-12-8-9-15(13(2)10-12)21-17(23)11-16-18(24)22-19(25-16)20-14-6-4-3-5-7-14/h8-10,14,16H,3-7,11H2,1-2H3,(H,21,23)(H,20,22,24)/t16-/m1/s1. The number of amides is 2. The van der Waals surface area contributed by atoms with Gasteiger partial charge in [-0.3, -0.25) is 14.6 Å². The van der Waals surface area contributed by atoms with E-state index in [9.17, 15) is 9.59 Å². The number of hydrogen-bond acceptors (Lipinski definition) is 4. The van der Waals surface area contributed by atoms with Crippen molar-refractivity contribution in [3.8, 4) is 0 Å². The Balaban J connectivity index is 1.56. The normalized spacial score (nSPS) is 22.9. The molecule has 1 aliphatic heterocycles. The maximum atomic E-state index is 12.3. The van der Waals surface area contributed by atoms with Crippen molar-refractivity contribution in [2.75, 3.05) is 5.32 Å². The van der Waals surface area contributed by atoms with E-state index < -0.39 is 5.25 Å². The lowest BCUT2D eigenvalue weighted by atomic mass is 9.96. The number of amidine groups is 1. The van der Waals surface area contributed by atoms with E-state index in [-0.39, 0.29) is 18.2 Å². The van der Waals surface area contributed by atoms with E-state index in [1.165, 1.54) is 31.0 Å². The van der Waals surface area contributed by atoms with Crippen LogP contribution in [-0.2, 0) is 9.59 Å². The molecule has 0 radical (unpaired) electrons. The van der Waals surface area contributed by atoms with Gasteiger partial charge in [0.25, 0.3) is 0 Å². The van der Waals surface area contributed by atoms with Crippen molar-refractivity contribution >= 4 is 34.4 Å². The van der Waals surface area contributed by atoms with Gasteiger partial charge in [0.1, 0.15) is 5.25 Å². The number of carbonyl (C=O) groups is 2. The largest absolute Gasteiger partial charge is 0.326 e. The zero-order chi connectivity index (χ0) is 17.8. The number of benzene rings is 1. The number of carbonyl (C=O) groups excluding carboxylic acids is 2. The zero-order valence-corrected chi connectivity index (χ0v) is 15.6. The van der Waals surface area contributed by atoms with Crippen LogP contribution < -0.4 is 10.6 Å². The van der Waals surface area contributed by atoms with E-state index in [1.807, 2.05) is 32.0 Å². The van der Waals surface area contributed by atoms with Crippen molar-refractivity contribution in [3.05, 3.63) is 29.3 Å². The average molecular weight is 359 g/mol. The highest BCUT2D eigenvalue weighted by Crippen LogP contribution is 2.27. The van der Waals surface area contributed by atoms with Crippen LogP contribution >= 0.6 is 11.8 Å².